The molecule has 1 saturated carbocycles. The van der Waals surface area contributed by atoms with Gasteiger partial charge in [-0.15, -0.1) is 0 Å². The Labute approximate surface area is 192 Å². The molecule has 2 aromatic heterocycles. The molecule has 0 amide bonds. The zero-order valence-electron chi connectivity index (χ0n) is 18.0. The molecule has 1 N–H and O–H groups in total. The van der Waals surface area contributed by atoms with E-state index in [1.54, 1.807) is 12.1 Å². The maximum absolute atomic E-state index is 13.2. The van der Waals surface area contributed by atoms with Gasteiger partial charge in [0, 0.05) is 19.1 Å². The van der Waals surface area contributed by atoms with E-state index in [1.807, 2.05) is 6.92 Å². The summed E-state index contributed by atoms with van der Waals surface area (Å²) in [5, 5.41) is 3.97. The van der Waals surface area contributed by atoms with Crippen LogP contribution >= 0.6 is 0 Å². The molecule has 1 aromatic carbocycles. The van der Waals surface area contributed by atoms with E-state index in [4.69, 9.17) is 8.94 Å². The van der Waals surface area contributed by atoms with Crippen molar-refractivity contribution < 1.29 is 25.8 Å². The molecular formula is C21H24N4O6S2. The first-order valence-corrected chi connectivity index (χ1v) is 13.7. The van der Waals surface area contributed by atoms with Gasteiger partial charge >= 0.3 is 0 Å². The predicted octanol–water partition coefficient (Wildman–Crippen LogP) is 2.65. The van der Waals surface area contributed by atoms with Crippen LogP contribution in [0.2, 0.25) is 0 Å². The highest BCUT2D eigenvalue weighted by Crippen LogP contribution is 2.31. The van der Waals surface area contributed by atoms with E-state index in [0.29, 0.717) is 30.4 Å². The van der Waals surface area contributed by atoms with Gasteiger partial charge in [0.25, 0.3) is 0 Å². The maximum Gasteiger partial charge on any atom is 0.243 e. The van der Waals surface area contributed by atoms with E-state index in [0.717, 1.165) is 25.0 Å². The topological polar surface area (TPSA) is 136 Å². The minimum absolute atomic E-state index is 0.0225. The van der Waals surface area contributed by atoms with Crippen molar-refractivity contribution in [3.8, 4) is 11.6 Å². The lowest BCUT2D eigenvalue weighted by Gasteiger charge is -2.30. The summed E-state index contributed by atoms with van der Waals surface area (Å²) < 4.78 is 66.0. The van der Waals surface area contributed by atoms with Gasteiger partial charge in [-0.1, -0.05) is 5.16 Å². The fraction of sp³-hybridized carbons (Fsp3) is 0.429. The second-order valence-electron chi connectivity index (χ2n) is 8.44. The molecule has 3 aromatic rings. The first-order chi connectivity index (χ1) is 15.7. The number of furan rings is 1. The highest BCUT2D eigenvalue weighted by Gasteiger charge is 2.34. The third-order valence-corrected chi connectivity index (χ3v) is 9.22. The SMILES string of the molecule is Cc1ccc(-c2noc([C@@H]3CCCN(S(=O)(=O)c4ccc(S(=O)(=O)NC5CC5)cc4)C3)n2)o1. The Kier molecular flexibility index (Phi) is 5.63. The average Bonchev–Trinajstić information content (AvgIpc) is 3.28. The van der Waals surface area contributed by atoms with Crippen LogP contribution in [0.4, 0.5) is 0 Å². The number of benzene rings is 1. The van der Waals surface area contributed by atoms with Gasteiger partial charge in [-0.3, -0.25) is 0 Å². The second-order valence-corrected chi connectivity index (χ2v) is 12.1. The van der Waals surface area contributed by atoms with Crippen molar-refractivity contribution in [2.45, 2.75) is 54.4 Å². The van der Waals surface area contributed by atoms with Gasteiger partial charge < -0.3 is 8.94 Å². The van der Waals surface area contributed by atoms with Gasteiger partial charge in [0.15, 0.2) is 5.76 Å². The van der Waals surface area contributed by atoms with Crippen molar-refractivity contribution >= 4 is 20.0 Å². The lowest BCUT2D eigenvalue weighted by atomic mass is 10.00. The minimum Gasteiger partial charge on any atom is -0.458 e. The van der Waals surface area contributed by atoms with Crippen LogP contribution in [0.1, 0.15) is 43.3 Å². The van der Waals surface area contributed by atoms with Crippen molar-refractivity contribution in [2.75, 3.05) is 13.1 Å². The van der Waals surface area contributed by atoms with E-state index >= 15 is 0 Å². The Bertz CT molecular complexity index is 1360. The number of nitrogens with one attached hydrogen (secondary N) is 1. The number of piperidine rings is 1. The summed E-state index contributed by atoms with van der Waals surface area (Å²) in [5.41, 5.74) is 0. The quantitative estimate of drug-likeness (QED) is 0.532. The van der Waals surface area contributed by atoms with E-state index in [-0.39, 0.29) is 28.3 Å². The van der Waals surface area contributed by atoms with Crippen LogP contribution in [0.5, 0.6) is 0 Å². The van der Waals surface area contributed by atoms with Crippen LogP contribution in [0, 0.1) is 6.92 Å². The molecule has 0 unspecified atom stereocenters. The lowest BCUT2D eigenvalue weighted by molar-refractivity contribution is 0.265. The van der Waals surface area contributed by atoms with Gasteiger partial charge in [-0.2, -0.15) is 9.29 Å². The normalized spacial score (nSPS) is 20.2. The smallest absolute Gasteiger partial charge is 0.243 e. The van der Waals surface area contributed by atoms with Gasteiger partial charge in [0.05, 0.1) is 15.7 Å². The largest absolute Gasteiger partial charge is 0.458 e. The number of hydrogen-bond acceptors (Lipinski definition) is 8. The molecule has 2 fully saturated rings. The third kappa shape index (κ3) is 4.60. The Hall–Kier alpha value is -2.54. The number of aryl methyl sites for hydroxylation is 1. The number of rotatable bonds is 7. The van der Waals surface area contributed by atoms with Crippen molar-refractivity contribution in [2.24, 2.45) is 0 Å². The van der Waals surface area contributed by atoms with E-state index in [1.165, 1.54) is 28.6 Å². The summed E-state index contributed by atoms with van der Waals surface area (Å²) in [6, 6.07) is 8.87. The molecule has 1 saturated heterocycles. The zero-order chi connectivity index (χ0) is 23.2. The monoisotopic (exact) mass is 492 g/mol. The Balaban J connectivity index is 1.32. The summed E-state index contributed by atoms with van der Waals surface area (Å²) in [6.45, 7) is 2.38. The zero-order valence-corrected chi connectivity index (χ0v) is 19.6. The maximum atomic E-state index is 13.2. The third-order valence-electron chi connectivity index (χ3n) is 5.81. The van der Waals surface area contributed by atoms with Crippen LogP contribution in [-0.2, 0) is 20.0 Å². The van der Waals surface area contributed by atoms with Crippen LogP contribution in [0.15, 0.2) is 55.1 Å². The number of nitrogens with zero attached hydrogens (tertiary/aromatic N) is 3. The molecule has 0 spiro atoms. The first-order valence-electron chi connectivity index (χ1n) is 10.8. The molecule has 2 aliphatic rings. The highest BCUT2D eigenvalue weighted by atomic mass is 32.2. The summed E-state index contributed by atoms with van der Waals surface area (Å²) in [6.07, 6.45) is 3.00. The average molecular weight is 493 g/mol. The molecule has 1 aliphatic carbocycles. The molecule has 1 atom stereocenters. The van der Waals surface area contributed by atoms with Crippen molar-refractivity contribution in [3.63, 3.8) is 0 Å². The molecule has 10 nitrogen and oxygen atoms in total. The highest BCUT2D eigenvalue weighted by molar-refractivity contribution is 7.89. The molecule has 0 radical (unpaired) electrons. The molecule has 3 heterocycles. The van der Waals surface area contributed by atoms with E-state index < -0.39 is 20.0 Å². The molecule has 1 aliphatic heterocycles. The van der Waals surface area contributed by atoms with Crippen molar-refractivity contribution in [1.82, 2.24) is 19.2 Å². The Morgan fingerprint density at radius 1 is 1.00 bits per heavy atom. The molecule has 0 bridgehead atoms. The molecular weight excluding hydrogens is 468 g/mol. The van der Waals surface area contributed by atoms with Crippen LogP contribution in [0.3, 0.4) is 0 Å². The molecule has 176 valence electrons. The Morgan fingerprint density at radius 3 is 2.39 bits per heavy atom. The standard InChI is InChI=1S/C21H24N4O6S2/c1-14-4-11-19(30-14)20-22-21(31-23-20)15-3-2-12-25(13-15)33(28,29)18-9-7-17(8-10-18)32(26,27)24-16-5-6-16/h4,7-11,15-16,24H,2-3,5-6,12-13H2,1H3/t15-/m1/s1. The first kappa shape index (κ1) is 22.3. The minimum atomic E-state index is -3.81. The fourth-order valence-corrected chi connectivity index (χ4v) is 6.68. The van der Waals surface area contributed by atoms with Gasteiger partial charge in [0.2, 0.25) is 31.8 Å². The number of aromatic nitrogens is 2. The van der Waals surface area contributed by atoms with Crippen molar-refractivity contribution in [3.05, 3.63) is 48.0 Å². The van der Waals surface area contributed by atoms with Crippen molar-refractivity contribution in [1.29, 1.82) is 0 Å². The fourth-order valence-electron chi connectivity index (χ4n) is 3.85. The van der Waals surface area contributed by atoms with Crippen LogP contribution in [0.25, 0.3) is 11.6 Å². The summed E-state index contributed by atoms with van der Waals surface area (Å²) in [5.74, 6) is 1.68. The summed E-state index contributed by atoms with van der Waals surface area (Å²) in [7, 11) is -7.45. The summed E-state index contributed by atoms with van der Waals surface area (Å²) >= 11 is 0. The Morgan fingerprint density at radius 2 is 1.73 bits per heavy atom. The van der Waals surface area contributed by atoms with Crippen LogP contribution in [-0.4, -0.2) is 50.4 Å². The molecule has 5 rings (SSSR count). The lowest BCUT2D eigenvalue weighted by Crippen LogP contribution is -2.39. The van der Waals surface area contributed by atoms with E-state index in [9.17, 15) is 16.8 Å². The number of sulfonamides is 2. The van der Waals surface area contributed by atoms with Gasteiger partial charge in [-0.05, 0) is 69.0 Å². The predicted molar refractivity (Wildman–Crippen MR) is 117 cm³/mol. The van der Waals surface area contributed by atoms with E-state index in [2.05, 4.69) is 14.9 Å². The molecule has 12 heteroatoms. The second kappa shape index (κ2) is 8.35. The van der Waals surface area contributed by atoms with Gasteiger partial charge in [0.1, 0.15) is 5.76 Å². The van der Waals surface area contributed by atoms with Gasteiger partial charge in [-0.25, -0.2) is 21.6 Å². The molecule has 33 heavy (non-hydrogen) atoms. The summed E-state index contributed by atoms with van der Waals surface area (Å²) in [4.78, 5) is 4.51. The number of hydrogen-bond donors (Lipinski definition) is 1. The van der Waals surface area contributed by atoms with Crippen LogP contribution < -0.4 is 4.72 Å².